The minimum atomic E-state index is -1.04. The highest BCUT2D eigenvalue weighted by atomic mass is 79.9. The third-order valence-electron chi connectivity index (χ3n) is 2.82. The monoisotopic (exact) mass is 403 g/mol. The van der Waals surface area contributed by atoms with Crippen molar-refractivity contribution in [2.45, 2.75) is 18.9 Å². The molecule has 0 saturated heterocycles. The molecule has 0 bridgehead atoms. The summed E-state index contributed by atoms with van der Waals surface area (Å²) in [6, 6.07) is 7.42. The Bertz CT molecular complexity index is 602. The predicted molar refractivity (Wildman–Crippen MR) is 84.4 cm³/mol. The second-order valence-electron chi connectivity index (χ2n) is 4.59. The molecule has 19 heavy (non-hydrogen) atoms. The number of aliphatic hydroxyl groups is 1. The van der Waals surface area contributed by atoms with E-state index in [1.807, 2.05) is 18.2 Å². The average Bonchev–Trinajstić information content (AvgIpc) is 2.27. The summed E-state index contributed by atoms with van der Waals surface area (Å²) in [5.41, 5.74) is 0.607. The van der Waals surface area contributed by atoms with Crippen LogP contribution in [0, 0.1) is 0 Å². The van der Waals surface area contributed by atoms with E-state index in [0.717, 1.165) is 14.5 Å². The molecule has 0 radical (unpaired) electrons. The van der Waals surface area contributed by atoms with E-state index in [0.29, 0.717) is 17.0 Å². The quantitative estimate of drug-likeness (QED) is 0.802. The van der Waals surface area contributed by atoms with Gasteiger partial charge in [0.1, 0.15) is 0 Å². The van der Waals surface area contributed by atoms with Gasteiger partial charge in [-0.25, -0.2) is 0 Å². The van der Waals surface area contributed by atoms with Gasteiger partial charge in [0.05, 0.1) is 5.60 Å². The van der Waals surface area contributed by atoms with Crippen molar-refractivity contribution in [3.63, 3.8) is 0 Å². The van der Waals surface area contributed by atoms with E-state index in [1.54, 1.807) is 25.4 Å². The lowest BCUT2D eigenvalue weighted by Crippen LogP contribution is -2.24. The Balaban J connectivity index is 2.31. The smallest absolute Gasteiger partial charge is 0.0923 e. The molecule has 100 valence electrons. The van der Waals surface area contributed by atoms with Crippen LogP contribution in [0.25, 0.3) is 0 Å². The van der Waals surface area contributed by atoms with Gasteiger partial charge in [-0.2, -0.15) is 0 Å². The maximum Gasteiger partial charge on any atom is 0.0923 e. The summed E-state index contributed by atoms with van der Waals surface area (Å²) >= 11 is 12.9. The fraction of sp³-hybridized carbons (Fsp3) is 0.214. The Kier molecular flexibility index (Phi) is 4.66. The maximum absolute atomic E-state index is 10.7. The summed E-state index contributed by atoms with van der Waals surface area (Å²) in [7, 11) is 0. The van der Waals surface area contributed by atoms with Crippen LogP contribution in [0.3, 0.4) is 0 Å². The summed E-state index contributed by atoms with van der Waals surface area (Å²) in [4.78, 5) is 4.10. The molecule has 2 rings (SSSR count). The second kappa shape index (κ2) is 5.92. The van der Waals surface area contributed by atoms with Crippen LogP contribution in [0.15, 0.2) is 45.6 Å². The molecule has 0 aliphatic heterocycles. The van der Waals surface area contributed by atoms with Gasteiger partial charge in [0.2, 0.25) is 0 Å². The standard InChI is InChI=1S/C14H12Br2ClNO/c1-14(19,6-9-4-11(16)8-18-7-9)12-3-2-10(15)5-13(12)17/h2-5,7-8,19H,6H2,1H3. The van der Waals surface area contributed by atoms with Crippen molar-refractivity contribution >= 4 is 43.5 Å². The van der Waals surface area contributed by atoms with Crippen LogP contribution in [0.5, 0.6) is 0 Å². The minimum absolute atomic E-state index is 0.445. The molecule has 1 aromatic carbocycles. The first-order valence-corrected chi connectivity index (χ1v) is 7.62. The summed E-state index contributed by atoms with van der Waals surface area (Å²) in [5, 5.41) is 11.2. The maximum atomic E-state index is 10.7. The van der Waals surface area contributed by atoms with Gasteiger partial charge in [-0.3, -0.25) is 4.98 Å². The molecular weight excluding hydrogens is 393 g/mol. The van der Waals surface area contributed by atoms with E-state index in [-0.39, 0.29) is 0 Å². The Labute approximate surface area is 134 Å². The average molecular weight is 406 g/mol. The van der Waals surface area contributed by atoms with Crippen LogP contribution in [0.2, 0.25) is 5.02 Å². The molecule has 1 N–H and O–H groups in total. The molecular formula is C14H12Br2ClNO. The Morgan fingerprint density at radius 1 is 1.21 bits per heavy atom. The van der Waals surface area contributed by atoms with Gasteiger partial charge in [0, 0.05) is 38.3 Å². The third-order valence-corrected chi connectivity index (χ3v) is 4.06. The SMILES string of the molecule is CC(O)(Cc1cncc(Br)c1)c1ccc(Br)cc1Cl. The topological polar surface area (TPSA) is 33.1 Å². The highest BCUT2D eigenvalue weighted by Crippen LogP contribution is 2.33. The van der Waals surface area contributed by atoms with Crippen molar-refractivity contribution < 1.29 is 5.11 Å². The van der Waals surface area contributed by atoms with Crippen LogP contribution in [-0.4, -0.2) is 10.1 Å². The molecule has 1 unspecified atom stereocenters. The van der Waals surface area contributed by atoms with Crippen molar-refractivity contribution in [2.24, 2.45) is 0 Å². The molecule has 1 atom stereocenters. The molecule has 1 heterocycles. The van der Waals surface area contributed by atoms with Gasteiger partial charge < -0.3 is 5.11 Å². The normalized spacial score (nSPS) is 14.2. The molecule has 0 aliphatic rings. The van der Waals surface area contributed by atoms with Crippen molar-refractivity contribution in [3.8, 4) is 0 Å². The third kappa shape index (κ3) is 3.78. The fourth-order valence-corrected chi connectivity index (χ4v) is 3.26. The van der Waals surface area contributed by atoms with E-state index < -0.39 is 5.60 Å². The van der Waals surface area contributed by atoms with Crippen LogP contribution in [0.1, 0.15) is 18.1 Å². The summed E-state index contributed by atoms with van der Waals surface area (Å²) < 4.78 is 1.78. The predicted octanol–water partition coefficient (Wildman–Crippen LogP) is 4.71. The number of hydrogen-bond donors (Lipinski definition) is 1. The van der Waals surface area contributed by atoms with Crippen molar-refractivity contribution in [2.75, 3.05) is 0 Å². The van der Waals surface area contributed by atoms with Gasteiger partial charge in [-0.1, -0.05) is 33.6 Å². The summed E-state index contributed by atoms with van der Waals surface area (Å²) in [6.07, 6.45) is 3.90. The number of hydrogen-bond acceptors (Lipinski definition) is 2. The van der Waals surface area contributed by atoms with Gasteiger partial charge in [-0.05, 0) is 46.6 Å². The lowest BCUT2D eigenvalue weighted by molar-refractivity contribution is 0.0576. The van der Waals surface area contributed by atoms with Crippen molar-refractivity contribution in [1.29, 1.82) is 0 Å². The molecule has 2 nitrogen and oxygen atoms in total. The number of rotatable bonds is 3. The van der Waals surface area contributed by atoms with Gasteiger partial charge in [0.15, 0.2) is 0 Å². The van der Waals surface area contributed by atoms with Crippen LogP contribution in [-0.2, 0) is 12.0 Å². The minimum Gasteiger partial charge on any atom is -0.385 e. The molecule has 5 heteroatoms. The molecule has 0 fully saturated rings. The first kappa shape index (κ1) is 15.0. The number of halogens is 3. The lowest BCUT2D eigenvalue weighted by atomic mass is 9.89. The van der Waals surface area contributed by atoms with E-state index >= 15 is 0 Å². The van der Waals surface area contributed by atoms with Crippen LogP contribution < -0.4 is 0 Å². The van der Waals surface area contributed by atoms with Crippen LogP contribution >= 0.6 is 43.5 Å². The van der Waals surface area contributed by atoms with E-state index in [4.69, 9.17) is 11.6 Å². The largest absolute Gasteiger partial charge is 0.385 e. The highest BCUT2D eigenvalue weighted by Gasteiger charge is 2.26. The van der Waals surface area contributed by atoms with Gasteiger partial charge in [0.25, 0.3) is 0 Å². The van der Waals surface area contributed by atoms with Crippen LogP contribution in [0.4, 0.5) is 0 Å². The Morgan fingerprint density at radius 3 is 2.58 bits per heavy atom. The van der Waals surface area contributed by atoms with E-state index in [1.165, 1.54) is 0 Å². The zero-order chi connectivity index (χ0) is 14.0. The number of pyridine rings is 1. The molecule has 0 amide bonds. The molecule has 0 aliphatic carbocycles. The van der Waals surface area contributed by atoms with Crippen molar-refractivity contribution in [1.82, 2.24) is 4.98 Å². The van der Waals surface area contributed by atoms with E-state index in [9.17, 15) is 5.11 Å². The van der Waals surface area contributed by atoms with Gasteiger partial charge >= 0.3 is 0 Å². The number of benzene rings is 1. The first-order chi connectivity index (χ1) is 8.88. The molecule has 0 spiro atoms. The summed E-state index contributed by atoms with van der Waals surface area (Å²) in [5.74, 6) is 0. The molecule has 2 aromatic rings. The van der Waals surface area contributed by atoms with E-state index in [2.05, 4.69) is 36.8 Å². The second-order valence-corrected chi connectivity index (χ2v) is 6.82. The number of nitrogens with zero attached hydrogens (tertiary/aromatic N) is 1. The Morgan fingerprint density at radius 2 is 1.95 bits per heavy atom. The lowest BCUT2D eigenvalue weighted by Gasteiger charge is -2.25. The van der Waals surface area contributed by atoms with Gasteiger partial charge in [-0.15, -0.1) is 0 Å². The highest BCUT2D eigenvalue weighted by molar-refractivity contribution is 9.10. The Hall–Kier alpha value is -0.420. The number of aromatic nitrogens is 1. The first-order valence-electron chi connectivity index (χ1n) is 5.66. The molecule has 0 saturated carbocycles. The molecule has 1 aromatic heterocycles. The summed E-state index contributed by atoms with van der Waals surface area (Å²) in [6.45, 7) is 1.75. The zero-order valence-electron chi connectivity index (χ0n) is 10.2. The fourth-order valence-electron chi connectivity index (χ4n) is 1.97. The van der Waals surface area contributed by atoms with Crippen molar-refractivity contribution in [3.05, 3.63) is 61.8 Å². The zero-order valence-corrected chi connectivity index (χ0v) is 14.1.